The summed E-state index contributed by atoms with van der Waals surface area (Å²) in [6.07, 6.45) is 0.935. The molecule has 1 unspecified atom stereocenters. The van der Waals surface area contributed by atoms with Crippen LogP contribution in [0.1, 0.15) is 17.1 Å². The van der Waals surface area contributed by atoms with Gasteiger partial charge in [-0.3, -0.25) is 4.79 Å². The highest BCUT2D eigenvalue weighted by Gasteiger charge is 2.31. The van der Waals surface area contributed by atoms with Crippen LogP contribution >= 0.6 is 0 Å². The Morgan fingerprint density at radius 3 is 3.06 bits per heavy atom. The molecule has 0 radical (unpaired) electrons. The van der Waals surface area contributed by atoms with Crippen molar-refractivity contribution >= 4 is 11.6 Å². The van der Waals surface area contributed by atoms with Crippen LogP contribution in [-0.2, 0) is 17.6 Å². The fraction of sp³-hybridized carbons (Fsp3) is 0.400. The molecule has 82 valence electrons. The maximum atomic E-state index is 10.9. The van der Waals surface area contributed by atoms with E-state index in [-0.39, 0.29) is 5.92 Å². The highest BCUT2D eigenvalue weighted by molar-refractivity contribution is 5.71. The van der Waals surface area contributed by atoms with Crippen LogP contribution in [0.5, 0.6) is 0 Å². The SMILES string of the molecule is Cc1cc2nnc3c(n2n1)CC(C(=O)O)C3. The maximum Gasteiger partial charge on any atom is 0.307 e. The minimum absolute atomic E-state index is 0.389. The van der Waals surface area contributed by atoms with Gasteiger partial charge in [0.05, 0.1) is 23.0 Å². The van der Waals surface area contributed by atoms with Crippen molar-refractivity contribution in [2.75, 3.05) is 0 Å². The van der Waals surface area contributed by atoms with E-state index in [0.29, 0.717) is 18.5 Å². The van der Waals surface area contributed by atoms with Crippen LogP contribution in [-0.4, -0.2) is 30.9 Å². The van der Waals surface area contributed by atoms with E-state index in [2.05, 4.69) is 15.3 Å². The van der Waals surface area contributed by atoms with E-state index in [0.717, 1.165) is 17.1 Å². The van der Waals surface area contributed by atoms with Gasteiger partial charge < -0.3 is 5.11 Å². The van der Waals surface area contributed by atoms with Crippen LogP contribution in [0, 0.1) is 12.8 Å². The minimum atomic E-state index is -0.782. The Hall–Kier alpha value is -1.98. The summed E-state index contributed by atoms with van der Waals surface area (Å²) in [5.41, 5.74) is 3.18. The van der Waals surface area contributed by atoms with E-state index in [1.807, 2.05) is 13.0 Å². The Kier molecular flexibility index (Phi) is 1.74. The standard InChI is InChI=1S/C10H10N4O2/c1-5-2-9-12-11-7-3-6(10(15)16)4-8(7)14(9)13-5/h2,6H,3-4H2,1H3,(H,15,16). The lowest BCUT2D eigenvalue weighted by Crippen LogP contribution is -2.13. The second-order valence-corrected chi connectivity index (χ2v) is 4.09. The molecule has 3 rings (SSSR count). The lowest BCUT2D eigenvalue weighted by molar-refractivity contribution is -0.141. The average molecular weight is 218 g/mol. The van der Waals surface area contributed by atoms with Crippen LogP contribution in [0.3, 0.4) is 0 Å². The van der Waals surface area contributed by atoms with Crippen molar-refractivity contribution < 1.29 is 9.90 Å². The number of aliphatic carboxylic acids is 1. The molecule has 6 heteroatoms. The van der Waals surface area contributed by atoms with Gasteiger partial charge in [0.1, 0.15) is 0 Å². The molecule has 1 atom stereocenters. The van der Waals surface area contributed by atoms with Gasteiger partial charge in [0, 0.05) is 18.9 Å². The average Bonchev–Trinajstić information content (AvgIpc) is 2.77. The van der Waals surface area contributed by atoms with Gasteiger partial charge in [0.2, 0.25) is 0 Å². The summed E-state index contributed by atoms with van der Waals surface area (Å²) < 4.78 is 1.71. The molecule has 2 heterocycles. The number of aromatic nitrogens is 4. The van der Waals surface area contributed by atoms with Gasteiger partial charge in [-0.05, 0) is 6.92 Å². The lowest BCUT2D eigenvalue weighted by Gasteiger charge is -2.00. The molecule has 1 aliphatic carbocycles. The highest BCUT2D eigenvalue weighted by atomic mass is 16.4. The van der Waals surface area contributed by atoms with Crippen molar-refractivity contribution in [3.05, 3.63) is 23.1 Å². The third-order valence-corrected chi connectivity index (χ3v) is 2.90. The number of hydrogen-bond acceptors (Lipinski definition) is 4. The first-order chi connectivity index (χ1) is 7.65. The van der Waals surface area contributed by atoms with E-state index >= 15 is 0 Å². The molecule has 2 aromatic rings. The van der Waals surface area contributed by atoms with Crippen molar-refractivity contribution in [1.82, 2.24) is 19.8 Å². The quantitative estimate of drug-likeness (QED) is 0.741. The Morgan fingerprint density at radius 1 is 1.50 bits per heavy atom. The predicted molar refractivity (Wildman–Crippen MR) is 54.1 cm³/mol. The second kappa shape index (κ2) is 3.01. The van der Waals surface area contributed by atoms with E-state index < -0.39 is 5.97 Å². The zero-order chi connectivity index (χ0) is 11.3. The van der Waals surface area contributed by atoms with E-state index in [1.165, 1.54) is 0 Å². The van der Waals surface area contributed by atoms with Crippen LogP contribution < -0.4 is 0 Å². The fourth-order valence-electron chi connectivity index (χ4n) is 2.12. The first-order valence-electron chi connectivity index (χ1n) is 5.09. The lowest BCUT2D eigenvalue weighted by atomic mass is 10.1. The molecule has 0 spiro atoms. The largest absolute Gasteiger partial charge is 0.481 e. The molecule has 0 aliphatic heterocycles. The Labute approximate surface area is 90.9 Å². The third kappa shape index (κ3) is 1.19. The maximum absolute atomic E-state index is 10.9. The molecule has 2 aromatic heterocycles. The summed E-state index contributed by atoms with van der Waals surface area (Å²) in [5.74, 6) is -1.17. The molecule has 0 saturated carbocycles. The van der Waals surface area contributed by atoms with Crippen molar-refractivity contribution in [3.63, 3.8) is 0 Å². The van der Waals surface area contributed by atoms with Gasteiger partial charge in [-0.25, -0.2) is 4.52 Å². The summed E-state index contributed by atoms with van der Waals surface area (Å²) in [6, 6.07) is 1.83. The Morgan fingerprint density at radius 2 is 2.31 bits per heavy atom. The number of fused-ring (bicyclic) bond motifs is 3. The topological polar surface area (TPSA) is 80.4 Å². The zero-order valence-electron chi connectivity index (χ0n) is 8.71. The van der Waals surface area contributed by atoms with Crippen LogP contribution in [0.4, 0.5) is 0 Å². The molecule has 1 aliphatic rings. The first-order valence-corrected chi connectivity index (χ1v) is 5.09. The smallest absolute Gasteiger partial charge is 0.307 e. The molecule has 0 bridgehead atoms. The van der Waals surface area contributed by atoms with Gasteiger partial charge in [-0.15, -0.1) is 5.10 Å². The van der Waals surface area contributed by atoms with Crippen molar-refractivity contribution in [3.8, 4) is 0 Å². The molecule has 0 fully saturated rings. The van der Waals surface area contributed by atoms with Gasteiger partial charge >= 0.3 is 5.97 Å². The second-order valence-electron chi connectivity index (χ2n) is 4.09. The molecule has 0 aromatic carbocycles. The molecule has 6 nitrogen and oxygen atoms in total. The zero-order valence-corrected chi connectivity index (χ0v) is 8.71. The Balaban J connectivity index is 2.16. The van der Waals surface area contributed by atoms with E-state index in [4.69, 9.17) is 5.11 Å². The van der Waals surface area contributed by atoms with Crippen molar-refractivity contribution in [2.24, 2.45) is 5.92 Å². The summed E-state index contributed by atoms with van der Waals surface area (Å²) in [4.78, 5) is 10.9. The van der Waals surface area contributed by atoms with E-state index in [9.17, 15) is 4.79 Å². The summed E-state index contributed by atoms with van der Waals surface area (Å²) in [5, 5.41) is 21.4. The first kappa shape index (κ1) is 9.26. The van der Waals surface area contributed by atoms with Gasteiger partial charge in [0.25, 0.3) is 0 Å². The Bertz CT molecular complexity index is 590. The van der Waals surface area contributed by atoms with Crippen molar-refractivity contribution in [1.29, 1.82) is 0 Å². The summed E-state index contributed by atoms with van der Waals surface area (Å²) >= 11 is 0. The molecular formula is C10H10N4O2. The summed E-state index contributed by atoms with van der Waals surface area (Å²) in [7, 11) is 0. The normalized spacial score (nSPS) is 18.9. The van der Waals surface area contributed by atoms with Gasteiger partial charge in [-0.1, -0.05) is 0 Å². The number of carboxylic acid groups (broad SMARTS) is 1. The monoisotopic (exact) mass is 218 g/mol. The highest BCUT2D eigenvalue weighted by Crippen LogP contribution is 2.25. The number of nitrogens with zero attached hydrogens (tertiary/aromatic N) is 4. The number of hydrogen-bond donors (Lipinski definition) is 1. The predicted octanol–water partition coefficient (Wildman–Crippen LogP) is 0.232. The summed E-state index contributed by atoms with van der Waals surface area (Å²) in [6.45, 7) is 1.88. The number of rotatable bonds is 1. The molecule has 1 N–H and O–H groups in total. The van der Waals surface area contributed by atoms with Crippen LogP contribution in [0.25, 0.3) is 5.65 Å². The van der Waals surface area contributed by atoms with E-state index in [1.54, 1.807) is 4.52 Å². The molecule has 0 saturated heterocycles. The van der Waals surface area contributed by atoms with Crippen LogP contribution in [0.2, 0.25) is 0 Å². The minimum Gasteiger partial charge on any atom is -0.481 e. The fourth-order valence-corrected chi connectivity index (χ4v) is 2.12. The number of aryl methyl sites for hydroxylation is 1. The molecule has 0 amide bonds. The number of carboxylic acids is 1. The van der Waals surface area contributed by atoms with Gasteiger partial charge in [-0.2, -0.15) is 10.2 Å². The molecule has 16 heavy (non-hydrogen) atoms. The molecular weight excluding hydrogens is 208 g/mol. The van der Waals surface area contributed by atoms with Gasteiger partial charge in [0.15, 0.2) is 5.65 Å². The third-order valence-electron chi connectivity index (χ3n) is 2.90. The number of carbonyl (C=O) groups is 1. The van der Waals surface area contributed by atoms with Crippen molar-refractivity contribution in [2.45, 2.75) is 19.8 Å². The van der Waals surface area contributed by atoms with Crippen LogP contribution in [0.15, 0.2) is 6.07 Å².